The molecule has 8 rings (SSSR count). The van der Waals surface area contributed by atoms with Crippen molar-refractivity contribution in [2.24, 2.45) is 4.99 Å². The fraction of sp³-hybridized carbons (Fsp3) is 0.391. The Morgan fingerprint density at radius 1 is 0.733 bits per heavy atom. The van der Waals surface area contributed by atoms with Crippen LogP contribution in [0.2, 0.25) is 0 Å². The van der Waals surface area contributed by atoms with E-state index in [4.69, 9.17) is 19.6 Å². The molecule has 0 radical (unpaired) electrons. The van der Waals surface area contributed by atoms with Crippen molar-refractivity contribution in [2.75, 3.05) is 27.3 Å². The molecule has 2 saturated heterocycles. The van der Waals surface area contributed by atoms with Crippen LogP contribution in [0.25, 0.3) is 11.3 Å². The summed E-state index contributed by atoms with van der Waals surface area (Å²) in [6.45, 7) is 1.21. The van der Waals surface area contributed by atoms with Gasteiger partial charge in [0, 0.05) is 30.9 Å². The Morgan fingerprint density at radius 2 is 1.33 bits per heavy atom. The van der Waals surface area contributed by atoms with Crippen LogP contribution in [-0.4, -0.2) is 81.4 Å². The van der Waals surface area contributed by atoms with Crippen LogP contribution in [-0.2, 0) is 24.1 Å². The summed E-state index contributed by atoms with van der Waals surface area (Å²) in [5.74, 6) is 2.11. The third-order valence-electron chi connectivity index (χ3n) is 12.3. The zero-order valence-corrected chi connectivity index (χ0v) is 34.0. The van der Waals surface area contributed by atoms with Gasteiger partial charge in [-0.05, 0) is 79.5 Å². The Labute approximate surface area is 349 Å². The van der Waals surface area contributed by atoms with Gasteiger partial charge in [-0.1, -0.05) is 84.9 Å². The molecule has 1 aliphatic carbocycles. The van der Waals surface area contributed by atoms with Gasteiger partial charge in [0.1, 0.15) is 17.7 Å². The molecule has 14 nitrogen and oxygen atoms in total. The Morgan fingerprint density at radius 3 is 1.98 bits per heavy atom. The summed E-state index contributed by atoms with van der Waals surface area (Å²) < 4.78 is 4.85. The molecule has 0 unspecified atom stereocenters. The van der Waals surface area contributed by atoms with Crippen molar-refractivity contribution in [3.63, 3.8) is 0 Å². The van der Waals surface area contributed by atoms with Crippen LogP contribution < -0.4 is 5.32 Å². The summed E-state index contributed by atoms with van der Waals surface area (Å²) in [7, 11) is 2.69. The first-order valence-corrected chi connectivity index (χ1v) is 20.9. The normalized spacial score (nSPS) is 21.5. The number of hydrogen-bond acceptors (Lipinski definition) is 9. The van der Waals surface area contributed by atoms with Crippen LogP contribution in [0.1, 0.15) is 121 Å². The third kappa shape index (κ3) is 8.83. The average Bonchev–Trinajstić information content (AvgIpc) is 4.15. The fourth-order valence-corrected chi connectivity index (χ4v) is 9.17. The number of rotatable bonds is 13. The van der Waals surface area contributed by atoms with E-state index in [9.17, 15) is 14.4 Å². The van der Waals surface area contributed by atoms with E-state index in [-0.39, 0.29) is 23.9 Å². The second-order valence-electron chi connectivity index (χ2n) is 15.8. The summed E-state index contributed by atoms with van der Waals surface area (Å²) in [5, 5.41) is 2.74. The van der Waals surface area contributed by atoms with E-state index in [1.165, 1.54) is 26.2 Å². The van der Waals surface area contributed by atoms with E-state index < -0.39 is 18.2 Å². The van der Waals surface area contributed by atoms with E-state index in [0.717, 1.165) is 85.5 Å². The Hall–Kier alpha value is -6.28. The Kier molecular flexibility index (Phi) is 12.7. The van der Waals surface area contributed by atoms with Crippen molar-refractivity contribution in [2.45, 2.75) is 87.4 Å². The lowest BCUT2D eigenvalue weighted by molar-refractivity contribution is -0.188. The van der Waals surface area contributed by atoms with Crippen LogP contribution >= 0.6 is 0 Å². The van der Waals surface area contributed by atoms with Gasteiger partial charge in [0.2, 0.25) is 6.40 Å². The minimum Gasteiger partial charge on any atom is -0.453 e. The number of carbonyl (C=O) groups is 3. The molecule has 60 heavy (non-hydrogen) atoms. The van der Waals surface area contributed by atoms with Gasteiger partial charge in [0.15, 0.2) is 6.04 Å². The Bertz CT molecular complexity index is 2230. The number of aromatic amines is 2. The predicted octanol–water partition coefficient (Wildman–Crippen LogP) is 8.01. The molecule has 5 aromatic rings. The summed E-state index contributed by atoms with van der Waals surface area (Å²) in [5.41, 5.74) is 5.89. The van der Waals surface area contributed by atoms with Crippen LogP contribution in [0.3, 0.4) is 0 Å². The van der Waals surface area contributed by atoms with E-state index >= 15 is 0 Å². The number of H-pyrrole nitrogens is 2. The largest absolute Gasteiger partial charge is 0.453 e. The van der Waals surface area contributed by atoms with Gasteiger partial charge in [0.25, 0.3) is 11.8 Å². The average molecular weight is 813 g/mol. The summed E-state index contributed by atoms with van der Waals surface area (Å²) in [6.07, 6.45) is 11.9. The maximum Gasteiger partial charge on any atom is 0.407 e. The van der Waals surface area contributed by atoms with Crippen molar-refractivity contribution in [1.82, 2.24) is 35.1 Å². The molecule has 0 bridgehead atoms. The number of nitrogens with zero attached hydrogens (tertiary/aromatic N) is 5. The third-order valence-corrected chi connectivity index (χ3v) is 12.3. The van der Waals surface area contributed by atoms with Gasteiger partial charge >= 0.3 is 6.09 Å². The van der Waals surface area contributed by atoms with Gasteiger partial charge in [-0.25, -0.2) is 19.8 Å². The van der Waals surface area contributed by atoms with Crippen LogP contribution in [0.5, 0.6) is 0 Å². The number of likely N-dealkylation sites (tertiary alicyclic amines) is 2. The first-order valence-electron chi connectivity index (χ1n) is 20.9. The van der Waals surface area contributed by atoms with Gasteiger partial charge in [-0.2, -0.15) is 4.89 Å². The van der Waals surface area contributed by atoms with Crippen molar-refractivity contribution in [1.29, 1.82) is 0 Å². The molecule has 4 atom stereocenters. The zero-order chi connectivity index (χ0) is 41.4. The molecule has 3 aliphatic rings. The Balaban J connectivity index is 0.877. The van der Waals surface area contributed by atoms with Crippen LogP contribution in [0.4, 0.5) is 4.79 Å². The highest BCUT2D eigenvalue weighted by Crippen LogP contribution is 2.42. The molecule has 1 saturated carbocycles. The molecular weight excluding hydrogens is 761 g/mol. The van der Waals surface area contributed by atoms with Crippen molar-refractivity contribution < 1.29 is 28.9 Å². The van der Waals surface area contributed by atoms with Crippen LogP contribution in [0.15, 0.2) is 102 Å². The molecule has 4 heterocycles. The monoisotopic (exact) mass is 812 g/mol. The highest BCUT2D eigenvalue weighted by atomic mass is 17.2. The fourth-order valence-electron chi connectivity index (χ4n) is 9.17. The van der Waals surface area contributed by atoms with Crippen molar-refractivity contribution in [3.05, 3.63) is 131 Å². The number of carbonyl (C=O) groups excluding carboxylic acids is 3. The molecule has 312 valence electrons. The number of hydrogen-bond donors (Lipinski definition) is 3. The number of benzene rings is 3. The number of imidazole rings is 2. The lowest BCUT2D eigenvalue weighted by Gasteiger charge is -2.29. The number of ether oxygens (including phenoxy) is 1. The van der Waals surface area contributed by atoms with E-state index in [1.807, 2.05) is 82.9 Å². The number of amides is 3. The molecular formula is C46H52N8O6. The van der Waals surface area contributed by atoms with Gasteiger partial charge in [-0.3, -0.25) is 9.59 Å². The number of aromatic nitrogens is 4. The van der Waals surface area contributed by atoms with E-state index in [2.05, 4.69) is 49.4 Å². The van der Waals surface area contributed by atoms with Gasteiger partial charge in [0.05, 0.1) is 38.2 Å². The number of nitrogens with one attached hydrogen (secondary N) is 3. The standard InChI is InChI=1S/C46H52N8O6/c1-58-46(57)52-41(35-13-7-4-8-14-35)45(56)54-26-10-16-39(54)43-48-28-37(51-43)33-23-19-31(20-24-33)30-17-21-32(22-18-30)36-27-47-42(50-36)38-15-9-25-53(38)44(55)40(49-29-60-59-2)34-11-5-3-6-12-34/h3-8,11-14,17-18,21-22,27-29,31,33,38-41H,9-10,15-16,19-20,23-26H2,1-2H3,(H,47,50)(H,48,51)(H,52,57)/t31?,33?,38-,39-,40+,41+/m0/s1. The molecule has 0 spiro atoms. The summed E-state index contributed by atoms with van der Waals surface area (Å²) in [6, 6.07) is 25.5. The van der Waals surface area contributed by atoms with Gasteiger partial charge in [-0.15, -0.1) is 0 Å². The lowest BCUT2D eigenvalue weighted by atomic mass is 9.77. The number of alkyl carbamates (subject to hydrolysis) is 1. The molecule has 3 amide bonds. The summed E-state index contributed by atoms with van der Waals surface area (Å²) in [4.78, 5) is 74.4. The SMILES string of the molecule is COOC=N[C@@H](C(=O)N1CCC[C@H]1c1ncc(-c2ccc(C3CCC(c4cnc([C@@H]5CCCN5C(=O)[C@H](NC(=O)OC)c5ccccc5)[nH]4)CC3)cc2)[nH]1)c1ccccc1. The number of aliphatic imine (C=N–C) groups is 1. The highest BCUT2D eigenvalue weighted by molar-refractivity contribution is 5.87. The second-order valence-corrected chi connectivity index (χ2v) is 15.8. The first-order chi connectivity index (χ1) is 29.4. The highest BCUT2D eigenvalue weighted by Gasteiger charge is 2.38. The van der Waals surface area contributed by atoms with Crippen LogP contribution in [0, 0.1) is 0 Å². The van der Waals surface area contributed by atoms with E-state index in [0.29, 0.717) is 30.5 Å². The molecule has 2 aliphatic heterocycles. The predicted molar refractivity (Wildman–Crippen MR) is 224 cm³/mol. The number of methoxy groups -OCH3 is 1. The van der Waals surface area contributed by atoms with Gasteiger partial charge < -0.3 is 34.7 Å². The second kappa shape index (κ2) is 18.8. The quantitative estimate of drug-likeness (QED) is 0.0465. The minimum atomic E-state index is -0.849. The lowest BCUT2D eigenvalue weighted by Crippen LogP contribution is -2.42. The smallest absolute Gasteiger partial charge is 0.407 e. The summed E-state index contributed by atoms with van der Waals surface area (Å²) >= 11 is 0. The maximum absolute atomic E-state index is 13.9. The van der Waals surface area contributed by atoms with Crippen molar-refractivity contribution in [3.8, 4) is 11.3 Å². The molecule has 3 N–H and O–H groups in total. The molecule has 14 heteroatoms. The topological polar surface area (TPSA) is 167 Å². The molecule has 3 aromatic carbocycles. The van der Waals surface area contributed by atoms with Crippen molar-refractivity contribution >= 4 is 24.3 Å². The zero-order valence-electron chi connectivity index (χ0n) is 34.0. The maximum atomic E-state index is 13.9. The minimum absolute atomic E-state index is 0.111. The molecule has 2 aromatic heterocycles. The van der Waals surface area contributed by atoms with E-state index in [1.54, 1.807) is 0 Å². The molecule has 3 fully saturated rings. The first kappa shape index (κ1) is 40.5.